The van der Waals surface area contributed by atoms with E-state index in [-0.39, 0.29) is 42.0 Å². The van der Waals surface area contributed by atoms with Crippen molar-refractivity contribution in [1.29, 1.82) is 5.41 Å². The maximum Gasteiger partial charge on any atom is 0.272 e. The minimum absolute atomic E-state index is 0.0371. The number of hydrogen-bond donors (Lipinski definition) is 7. The lowest BCUT2D eigenvalue weighted by Crippen LogP contribution is -2.28. The molecule has 19 heteroatoms. The van der Waals surface area contributed by atoms with Crippen LogP contribution in [0.5, 0.6) is 0 Å². The summed E-state index contributed by atoms with van der Waals surface area (Å²) in [6.07, 6.45) is 8.34. The first-order valence-corrected chi connectivity index (χ1v) is 20.2. The molecule has 0 spiro atoms. The molecule has 0 fully saturated rings. The van der Waals surface area contributed by atoms with Gasteiger partial charge in [0, 0.05) is 103 Å². The second kappa shape index (κ2) is 20.5. The van der Waals surface area contributed by atoms with Crippen molar-refractivity contribution in [2.45, 2.75) is 25.7 Å². The summed E-state index contributed by atoms with van der Waals surface area (Å²) < 4.78 is 6.29. The van der Waals surface area contributed by atoms with Crippen LogP contribution >= 0.6 is 23.2 Å². The van der Waals surface area contributed by atoms with Crippen LogP contribution in [-0.4, -0.2) is 85.0 Å². The molecule has 5 aromatic rings. The summed E-state index contributed by atoms with van der Waals surface area (Å²) in [5.74, 6) is -0.941. The number of alkyl halides is 2. The van der Waals surface area contributed by atoms with Gasteiger partial charge in [0.1, 0.15) is 22.8 Å². The molecule has 60 heavy (non-hydrogen) atoms. The summed E-state index contributed by atoms with van der Waals surface area (Å²) >= 11 is 11.9. The van der Waals surface area contributed by atoms with E-state index in [2.05, 4.69) is 31.5 Å². The van der Waals surface area contributed by atoms with E-state index in [1.54, 1.807) is 77.3 Å². The van der Waals surface area contributed by atoms with Crippen LogP contribution in [0, 0.1) is 5.41 Å². The Kier molecular flexibility index (Phi) is 15.2. The van der Waals surface area contributed by atoms with Crippen LogP contribution in [0.4, 0.5) is 28.4 Å². The van der Waals surface area contributed by atoms with Crippen LogP contribution < -0.4 is 37.2 Å². The molecule has 0 atom stereocenters. The molecule has 17 nitrogen and oxygen atoms in total. The van der Waals surface area contributed by atoms with Crippen molar-refractivity contribution in [3.8, 4) is 0 Å². The standard InChI is InChI=1S/C41H50Cl2N12O5/c1-51-23-28(19-32(51)38(57)46-15-12-36(44)45)48-40(59)34-21-30(25-53(34)3)50-41(60)35-20-29(24-54(35)4)49-39(58)33-18-27(22-52(33)2)47-37(56)7-5-6-26-8-10-31(11-9-26)55(16-13-42)17-14-43/h8-11,18-25H,5-7,12-17H2,1-4H3,(H3,44,45)(H,46,57)(H,47,56)(H,48,59)(H,49,58)(H,50,60). The lowest BCUT2D eigenvalue weighted by Gasteiger charge is -2.23. The van der Waals surface area contributed by atoms with Crippen LogP contribution in [-0.2, 0) is 39.4 Å². The lowest BCUT2D eigenvalue weighted by atomic mass is 10.1. The van der Waals surface area contributed by atoms with Crippen molar-refractivity contribution >= 4 is 87.0 Å². The molecule has 4 aromatic heterocycles. The molecule has 8 N–H and O–H groups in total. The van der Waals surface area contributed by atoms with Crippen molar-refractivity contribution < 1.29 is 24.0 Å². The number of nitrogens with one attached hydrogen (secondary N) is 6. The minimum Gasteiger partial charge on any atom is -0.388 e. The number of halogens is 2. The predicted octanol–water partition coefficient (Wildman–Crippen LogP) is 5.10. The van der Waals surface area contributed by atoms with E-state index < -0.39 is 17.7 Å². The third-order valence-electron chi connectivity index (χ3n) is 9.57. The average molecular weight is 862 g/mol. The molecule has 0 saturated carbocycles. The second-order valence-corrected chi connectivity index (χ2v) is 15.0. The van der Waals surface area contributed by atoms with Gasteiger partial charge in [-0.05, 0) is 54.8 Å². The summed E-state index contributed by atoms with van der Waals surface area (Å²) in [5.41, 5.74) is 10.2. The fraction of sp³-hybridized carbons (Fsp3) is 0.317. The fourth-order valence-corrected chi connectivity index (χ4v) is 6.95. The van der Waals surface area contributed by atoms with E-state index >= 15 is 0 Å². The second-order valence-electron chi connectivity index (χ2n) is 14.2. The first-order valence-electron chi connectivity index (χ1n) is 19.1. The molecule has 0 saturated heterocycles. The summed E-state index contributed by atoms with van der Waals surface area (Å²) in [6.45, 7) is 1.63. The van der Waals surface area contributed by atoms with Gasteiger partial charge >= 0.3 is 0 Å². The molecular formula is C41H50Cl2N12O5. The number of aryl methyl sites for hydroxylation is 5. The molecule has 0 radical (unpaired) electrons. The third kappa shape index (κ3) is 11.8. The van der Waals surface area contributed by atoms with Gasteiger partial charge in [0.25, 0.3) is 23.6 Å². The normalized spacial score (nSPS) is 10.9. The lowest BCUT2D eigenvalue weighted by molar-refractivity contribution is -0.116. The van der Waals surface area contributed by atoms with Gasteiger partial charge in [-0.2, -0.15) is 0 Å². The van der Waals surface area contributed by atoms with E-state index in [4.69, 9.17) is 34.3 Å². The Morgan fingerprint density at radius 3 is 1.42 bits per heavy atom. The molecule has 5 rings (SSSR count). The maximum absolute atomic E-state index is 13.3. The zero-order chi connectivity index (χ0) is 43.5. The predicted molar refractivity (Wildman–Crippen MR) is 236 cm³/mol. The van der Waals surface area contributed by atoms with Crippen LogP contribution in [0.1, 0.15) is 66.8 Å². The molecule has 1 aromatic carbocycles. The van der Waals surface area contributed by atoms with Crippen molar-refractivity contribution in [1.82, 2.24) is 23.6 Å². The quantitative estimate of drug-likeness (QED) is 0.0319. The highest BCUT2D eigenvalue weighted by molar-refractivity contribution is 6.18. The van der Waals surface area contributed by atoms with Crippen molar-refractivity contribution in [3.63, 3.8) is 0 Å². The largest absolute Gasteiger partial charge is 0.388 e. The first-order chi connectivity index (χ1) is 28.6. The van der Waals surface area contributed by atoms with Crippen molar-refractivity contribution in [3.05, 3.63) is 102 Å². The smallest absolute Gasteiger partial charge is 0.272 e. The molecule has 0 aliphatic heterocycles. The van der Waals surface area contributed by atoms with Gasteiger partial charge in [-0.1, -0.05) is 12.1 Å². The highest BCUT2D eigenvalue weighted by atomic mass is 35.5. The molecule has 0 unspecified atom stereocenters. The molecule has 5 amide bonds. The van der Waals surface area contributed by atoms with Gasteiger partial charge in [-0.25, -0.2) is 0 Å². The zero-order valence-electron chi connectivity index (χ0n) is 33.9. The van der Waals surface area contributed by atoms with Gasteiger partial charge in [0.15, 0.2) is 0 Å². The van der Waals surface area contributed by atoms with E-state index in [1.807, 2.05) is 24.3 Å². The summed E-state index contributed by atoms with van der Waals surface area (Å²) in [4.78, 5) is 67.2. The molecule has 0 aliphatic carbocycles. The number of rotatable bonds is 20. The summed E-state index contributed by atoms with van der Waals surface area (Å²) in [7, 11) is 6.69. The van der Waals surface area contributed by atoms with Crippen molar-refractivity contribution in [2.75, 3.05) is 57.6 Å². The zero-order valence-corrected chi connectivity index (χ0v) is 35.4. The number of nitrogens with two attached hydrogens (primary N) is 1. The monoisotopic (exact) mass is 860 g/mol. The summed E-state index contributed by atoms with van der Waals surface area (Å²) in [6, 6.07) is 14.3. The van der Waals surface area contributed by atoms with Gasteiger partial charge in [0.05, 0.1) is 28.6 Å². The summed E-state index contributed by atoms with van der Waals surface area (Å²) in [5, 5.41) is 21.2. The Morgan fingerprint density at radius 2 is 1.02 bits per heavy atom. The number of benzene rings is 1. The first kappa shape index (κ1) is 44.6. The van der Waals surface area contributed by atoms with Crippen LogP contribution in [0.25, 0.3) is 0 Å². The number of anilines is 5. The maximum atomic E-state index is 13.3. The fourth-order valence-electron chi connectivity index (χ4n) is 6.55. The average Bonchev–Trinajstić information content (AvgIpc) is 3.96. The molecule has 4 heterocycles. The number of amides is 5. The van der Waals surface area contributed by atoms with Crippen LogP contribution in [0.15, 0.2) is 73.3 Å². The topological polar surface area (TPSA) is 218 Å². The highest BCUT2D eigenvalue weighted by Crippen LogP contribution is 2.22. The van der Waals surface area contributed by atoms with E-state index in [1.165, 1.54) is 18.2 Å². The molecule has 0 aliphatic rings. The van der Waals surface area contributed by atoms with E-state index in [0.29, 0.717) is 71.8 Å². The minimum atomic E-state index is -0.476. The van der Waals surface area contributed by atoms with Gasteiger partial charge < -0.3 is 55.5 Å². The van der Waals surface area contributed by atoms with Crippen LogP contribution in [0.2, 0.25) is 0 Å². The third-order valence-corrected chi connectivity index (χ3v) is 9.91. The highest BCUT2D eigenvalue weighted by Gasteiger charge is 2.20. The molecule has 0 bridgehead atoms. The molecule has 318 valence electrons. The number of carbonyl (C=O) groups excluding carboxylic acids is 5. The van der Waals surface area contributed by atoms with Crippen molar-refractivity contribution in [2.24, 2.45) is 33.9 Å². The Bertz CT molecular complexity index is 2350. The van der Waals surface area contributed by atoms with E-state index in [0.717, 1.165) is 17.7 Å². The number of aromatic nitrogens is 4. The van der Waals surface area contributed by atoms with Gasteiger partial charge in [-0.3, -0.25) is 29.4 Å². The number of carbonyl (C=O) groups is 5. The molecular weight excluding hydrogens is 811 g/mol. The van der Waals surface area contributed by atoms with Gasteiger partial charge in [-0.15, -0.1) is 23.2 Å². The Morgan fingerprint density at radius 1 is 0.617 bits per heavy atom. The number of nitrogens with zero attached hydrogens (tertiary/aromatic N) is 5. The Hall–Kier alpha value is -6.46. The van der Waals surface area contributed by atoms with Crippen LogP contribution in [0.3, 0.4) is 0 Å². The van der Waals surface area contributed by atoms with Gasteiger partial charge in [0.2, 0.25) is 5.91 Å². The van der Waals surface area contributed by atoms with E-state index in [9.17, 15) is 24.0 Å². The Balaban J connectivity index is 1.11. The number of hydrogen-bond acceptors (Lipinski definition) is 7. The Labute approximate surface area is 357 Å². The SMILES string of the molecule is Cn1cc(NC(=O)c2cc(NC(=O)c3cc(NC(=O)c4cc(NC(=O)CCCc5ccc(N(CCCl)CCCl)cc5)cn4C)cn3C)cn2C)cc1C(=O)NCCC(=N)N. The number of amidine groups is 1.